The second kappa shape index (κ2) is 11.4. The van der Waals surface area contributed by atoms with Gasteiger partial charge in [0.2, 0.25) is 11.8 Å². The third-order valence-electron chi connectivity index (χ3n) is 5.35. The van der Waals surface area contributed by atoms with Crippen molar-refractivity contribution in [3.05, 3.63) is 23.9 Å². The van der Waals surface area contributed by atoms with E-state index in [-0.39, 0.29) is 24.2 Å². The van der Waals surface area contributed by atoms with Crippen LogP contribution in [0, 0.1) is 0 Å². The van der Waals surface area contributed by atoms with Crippen LogP contribution in [-0.4, -0.2) is 85.2 Å². The fourth-order valence-corrected chi connectivity index (χ4v) is 3.61. The molecule has 3 heterocycles. The molecule has 2 N–H and O–H groups in total. The first-order chi connectivity index (χ1) is 15.1. The van der Waals surface area contributed by atoms with Crippen molar-refractivity contribution >= 4 is 11.9 Å². The van der Waals surface area contributed by atoms with Crippen LogP contribution < -0.4 is 10.1 Å². The average molecular weight is 463 g/mol. The van der Waals surface area contributed by atoms with Gasteiger partial charge in [-0.05, 0) is 18.9 Å². The van der Waals surface area contributed by atoms with Crippen LogP contribution in [0.3, 0.4) is 0 Å². The Morgan fingerprint density at radius 2 is 2.03 bits per heavy atom. The first-order valence-electron chi connectivity index (χ1n) is 10.0. The van der Waals surface area contributed by atoms with Gasteiger partial charge in [0.25, 0.3) is 0 Å². The summed E-state index contributed by atoms with van der Waals surface area (Å²) < 4.78 is 48.8. The topological polar surface area (TPSA) is 110 Å². The second-order valence-electron chi connectivity index (χ2n) is 7.56. The van der Waals surface area contributed by atoms with Gasteiger partial charge >= 0.3 is 12.1 Å². The number of carbonyl (C=O) groups excluding carboxylic acids is 1. The van der Waals surface area contributed by atoms with Crippen LogP contribution in [0.1, 0.15) is 24.8 Å². The number of halogens is 3. The van der Waals surface area contributed by atoms with Gasteiger partial charge in [0, 0.05) is 44.9 Å². The molecule has 12 heteroatoms. The fraction of sp³-hybridized carbons (Fsp3) is 0.650. The molecule has 1 unspecified atom stereocenters. The number of methoxy groups -OCH3 is 1. The van der Waals surface area contributed by atoms with E-state index in [1.807, 2.05) is 6.07 Å². The minimum Gasteiger partial charge on any atom is -0.481 e. The number of alkyl halides is 3. The van der Waals surface area contributed by atoms with Crippen molar-refractivity contribution in [1.29, 1.82) is 0 Å². The molecule has 0 bridgehead atoms. The maximum atomic E-state index is 11.3. The number of piperidine rings is 1. The number of rotatable bonds is 6. The Kier molecular flexibility index (Phi) is 9.22. The van der Waals surface area contributed by atoms with Gasteiger partial charge in [0.05, 0.1) is 25.4 Å². The molecule has 0 aliphatic carbocycles. The maximum Gasteiger partial charge on any atom is 0.490 e. The molecule has 1 amide bonds. The van der Waals surface area contributed by atoms with E-state index in [0.29, 0.717) is 12.5 Å². The van der Waals surface area contributed by atoms with Crippen LogP contribution in [0.4, 0.5) is 13.2 Å². The molecule has 1 aromatic heterocycles. The van der Waals surface area contributed by atoms with Gasteiger partial charge in [-0.25, -0.2) is 9.78 Å². The van der Waals surface area contributed by atoms with Gasteiger partial charge in [-0.15, -0.1) is 0 Å². The number of aromatic nitrogens is 1. The van der Waals surface area contributed by atoms with Crippen molar-refractivity contribution in [3.8, 4) is 5.88 Å². The molecule has 32 heavy (non-hydrogen) atoms. The highest BCUT2D eigenvalue weighted by Gasteiger charge is 2.43. The quantitative estimate of drug-likeness (QED) is 0.655. The molecular formula is C20H28F3N3O6. The van der Waals surface area contributed by atoms with Crippen LogP contribution in [0.15, 0.2) is 18.3 Å². The summed E-state index contributed by atoms with van der Waals surface area (Å²) in [4.78, 5) is 26.9. The molecule has 0 aromatic carbocycles. The number of nitrogens with one attached hydrogen (secondary N) is 1. The largest absolute Gasteiger partial charge is 0.490 e. The van der Waals surface area contributed by atoms with Crippen molar-refractivity contribution in [2.45, 2.75) is 43.7 Å². The van der Waals surface area contributed by atoms with Gasteiger partial charge in [0.1, 0.15) is 6.61 Å². The van der Waals surface area contributed by atoms with E-state index in [0.717, 1.165) is 44.5 Å². The number of pyridine rings is 1. The molecule has 2 saturated heterocycles. The minimum atomic E-state index is -5.08. The standard InChI is InChI=1S/C18H27N3O4.C2HF3O2/c1-19-16(22)13-24-15-10-18(25-12-15)5-8-21(9-6-18)11-14-4-3-7-20-17(14)23-2;3-2(4,5)1(6)7/h3-4,7,15H,5-6,8-13H2,1-2H3,(H,19,22);(H,6,7). The summed E-state index contributed by atoms with van der Waals surface area (Å²) in [5.74, 6) is -2.16. The normalized spacial score (nSPS) is 20.3. The molecule has 2 aliphatic heterocycles. The number of likely N-dealkylation sites (N-methyl/N-ethyl adjacent to an activating group) is 1. The Morgan fingerprint density at radius 1 is 1.38 bits per heavy atom. The van der Waals surface area contributed by atoms with E-state index in [9.17, 15) is 18.0 Å². The van der Waals surface area contributed by atoms with E-state index in [1.54, 1.807) is 20.4 Å². The molecule has 1 atom stereocenters. The molecule has 0 saturated carbocycles. The molecule has 1 spiro atoms. The number of carboxylic acid groups (broad SMARTS) is 1. The molecule has 9 nitrogen and oxygen atoms in total. The summed E-state index contributed by atoms with van der Waals surface area (Å²) in [7, 11) is 3.27. The van der Waals surface area contributed by atoms with Crippen molar-refractivity contribution in [3.63, 3.8) is 0 Å². The summed E-state index contributed by atoms with van der Waals surface area (Å²) in [6.07, 6.45) is -0.486. The summed E-state index contributed by atoms with van der Waals surface area (Å²) in [6, 6.07) is 4.00. The van der Waals surface area contributed by atoms with Crippen LogP contribution >= 0.6 is 0 Å². The highest BCUT2D eigenvalue weighted by molar-refractivity contribution is 5.76. The number of ether oxygens (including phenoxy) is 3. The van der Waals surface area contributed by atoms with E-state index in [4.69, 9.17) is 24.1 Å². The molecule has 2 fully saturated rings. The number of hydrogen-bond donors (Lipinski definition) is 2. The summed E-state index contributed by atoms with van der Waals surface area (Å²) in [5, 5.41) is 9.70. The fourth-order valence-electron chi connectivity index (χ4n) is 3.61. The Labute approximate surface area is 183 Å². The van der Waals surface area contributed by atoms with Gasteiger partial charge < -0.3 is 24.6 Å². The molecule has 180 valence electrons. The second-order valence-corrected chi connectivity index (χ2v) is 7.56. The number of carbonyl (C=O) groups is 2. The van der Waals surface area contributed by atoms with Crippen LogP contribution in [0.2, 0.25) is 0 Å². The Balaban J connectivity index is 0.000000451. The molecule has 2 aliphatic rings. The summed E-state index contributed by atoms with van der Waals surface area (Å²) in [5.41, 5.74) is 1.02. The number of hydrogen-bond acceptors (Lipinski definition) is 7. The van der Waals surface area contributed by atoms with Gasteiger partial charge in [-0.1, -0.05) is 6.07 Å². The minimum absolute atomic E-state index is 0.0160. The average Bonchev–Trinajstić information content (AvgIpc) is 3.16. The summed E-state index contributed by atoms with van der Waals surface area (Å²) in [6.45, 7) is 3.46. The van der Waals surface area contributed by atoms with Crippen LogP contribution in [-0.2, 0) is 25.6 Å². The van der Waals surface area contributed by atoms with Gasteiger partial charge in [0.15, 0.2) is 0 Å². The number of aliphatic carboxylic acids is 1. The lowest BCUT2D eigenvalue weighted by Gasteiger charge is -2.38. The zero-order valence-corrected chi connectivity index (χ0v) is 18.0. The zero-order valence-electron chi connectivity index (χ0n) is 18.0. The number of nitrogens with zero attached hydrogens (tertiary/aromatic N) is 2. The lowest BCUT2D eigenvalue weighted by Crippen LogP contribution is -2.44. The zero-order chi connectivity index (χ0) is 23.8. The highest BCUT2D eigenvalue weighted by Crippen LogP contribution is 2.37. The van der Waals surface area contributed by atoms with Crippen molar-refractivity contribution < 1.29 is 42.1 Å². The molecule has 1 aromatic rings. The molecular weight excluding hydrogens is 435 g/mol. The van der Waals surface area contributed by atoms with Crippen LogP contribution in [0.25, 0.3) is 0 Å². The highest BCUT2D eigenvalue weighted by atomic mass is 19.4. The number of likely N-dealkylation sites (tertiary alicyclic amines) is 1. The Morgan fingerprint density at radius 3 is 2.59 bits per heavy atom. The van der Waals surface area contributed by atoms with Crippen LogP contribution in [0.5, 0.6) is 5.88 Å². The van der Waals surface area contributed by atoms with E-state index < -0.39 is 12.1 Å². The number of amides is 1. The Bertz CT molecular complexity index is 769. The van der Waals surface area contributed by atoms with Gasteiger partial charge in [-0.2, -0.15) is 13.2 Å². The van der Waals surface area contributed by atoms with Gasteiger partial charge in [-0.3, -0.25) is 9.69 Å². The molecule has 3 rings (SSSR count). The lowest BCUT2D eigenvalue weighted by atomic mass is 9.88. The smallest absolute Gasteiger partial charge is 0.481 e. The predicted octanol–water partition coefficient (Wildman–Crippen LogP) is 1.61. The first kappa shape index (κ1) is 25.8. The van der Waals surface area contributed by atoms with E-state index in [1.165, 1.54) is 0 Å². The lowest BCUT2D eigenvalue weighted by molar-refractivity contribution is -0.192. The van der Waals surface area contributed by atoms with E-state index in [2.05, 4.69) is 21.3 Å². The van der Waals surface area contributed by atoms with Crippen molar-refractivity contribution in [1.82, 2.24) is 15.2 Å². The Hall–Kier alpha value is -2.44. The predicted molar refractivity (Wildman–Crippen MR) is 106 cm³/mol. The number of carboxylic acids is 1. The maximum absolute atomic E-state index is 11.3. The summed E-state index contributed by atoms with van der Waals surface area (Å²) >= 11 is 0. The van der Waals surface area contributed by atoms with Crippen molar-refractivity contribution in [2.24, 2.45) is 0 Å². The SMILES string of the molecule is CNC(=O)COC1COC2(CCN(Cc3cccnc3OC)CC2)C1.O=C(O)C(F)(F)F. The third-order valence-corrected chi connectivity index (χ3v) is 5.35. The van der Waals surface area contributed by atoms with E-state index >= 15 is 0 Å². The monoisotopic (exact) mass is 463 g/mol. The van der Waals surface area contributed by atoms with Crippen molar-refractivity contribution in [2.75, 3.05) is 40.5 Å². The molecule has 0 radical (unpaired) electrons. The third kappa shape index (κ3) is 7.61. The first-order valence-corrected chi connectivity index (χ1v) is 10.0.